The highest BCUT2D eigenvalue weighted by Crippen LogP contribution is 2.26. The Morgan fingerprint density at radius 3 is 3.14 bits per heavy atom. The monoisotopic (exact) mass is 212 g/mol. The molecule has 0 amide bonds. The minimum absolute atomic E-state index is 0.278. The second kappa shape index (κ2) is 4.04. The fourth-order valence-electron chi connectivity index (χ4n) is 1.58. The lowest BCUT2D eigenvalue weighted by Gasteiger charge is -2.21. The van der Waals surface area contributed by atoms with E-state index < -0.39 is 5.97 Å². The molecule has 2 rings (SSSR count). The molecule has 76 valence electrons. The van der Waals surface area contributed by atoms with E-state index in [9.17, 15) is 4.79 Å². The molecule has 0 spiro atoms. The molecule has 0 bridgehead atoms. The van der Waals surface area contributed by atoms with Gasteiger partial charge in [0.1, 0.15) is 0 Å². The van der Waals surface area contributed by atoms with Gasteiger partial charge in [0, 0.05) is 11.9 Å². The van der Waals surface area contributed by atoms with Gasteiger partial charge in [-0.1, -0.05) is 0 Å². The Morgan fingerprint density at radius 1 is 1.71 bits per heavy atom. The van der Waals surface area contributed by atoms with Crippen LogP contribution in [0.4, 0.5) is 0 Å². The highest BCUT2D eigenvalue weighted by molar-refractivity contribution is 7.99. The number of aromatic nitrogens is 2. The molecule has 1 aliphatic heterocycles. The van der Waals surface area contributed by atoms with Crippen molar-refractivity contribution in [2.45, 2.75) is 18.9 Å². The highest BCUT2D eigenvalue weighted by atomic mass is 32.2. The van der Waals surface area contributed by atoms with Crippen LogP contribution >= 0.6 is 11.8 Å². The lowest BCUT2D eigenvalue weighted by atomic mass is 10.2. The van der Waals surface area contributed by atoms with Crippen molar-refractivity contribution in [1.82, 2.24) is 9.78 Å². The topological polar surface area (TPSA) is 55.1 Å². The molecule has 2 heterocycles. The molecule has 1 atom stereocenters. The van der Waals surface area contributed by atoms with E-state index in [1.54, 1.807) is 10.9 Å². The fourth-order valence-corrected chi connectivity index (χ4v) is 2.71. The van der Waals surface area contributed by atoms with Crippen molar-refractivity contribution < 1.29 is 9.90 Å². The molecule has 1 N–H and O–H groups in total. The molecule has 0 saturated carbocycles. The van der Waals surface area contributed by atoms with Crippen LogP contribution in [0.5, 0.6) is 0 Å². The molecule has 0 radical (unpaired) electrons. The minimum atomic E-state index is -0.903. The van der Waals surface area contributed by atoms with Gasteiger partial charge in [0.25, 0.3) is 0 Å². The molecule has 1 aromatic rings. The van der Waals surface area contributed by atoms with E-state index >= 15 is 0 Å². The Bertz CT molecular complexity index is 331. The number of hydrogen-bond acceptors (Lipinski definition) is 3. The van der Waals surface area contributed by atoms with E-state index in [-0.39, 0.29) is 5.56 Å². The average Bonchev–Trinajstić information content (AvgIpc) is 2.68. The van der Waals surface area contributed by atoms with Gasteiger partial charge in [-0.05, 0) is 18.6 Å². The Morgan fingerprint density at radius 2 is 2.57 bits per heavy atom. The zero-order chi connectivity index (χ0) is 9.97. The zero-order valence-corrected chi connectivity index (χ0v) is 8.54. The van der Waals surface area contributed by atoms with Gasteiger partial charge in [-0.25, -0.2) is 4.79 Å². The molecule has 1 saturated heterocycles. The van der Waals surface area contributed by atoms with Crippen LogP contribution in [0.3, 0.4) is 0 Å². The normalized spacial score (nSPS) is 22.1. The molecule has 4 nitrogen and oxygen atoms in total. The predicted molar refractivity (Wildman–Crippen MR) is 54.8 cm³/mol. The van der Waals surface area contributed by atoms with E-state index in [0.717, 1.165) is 12.2 Å². The molecule has 14 heavy (non-hydrogen) atoms. The summed E-state index contributed by atoms with van der Waals surface area (Å²) in [6, 6.07) is 0.377. The van der Waals surface area contributed by atoms with Gasteiger partial charge in [0.15, 0.2) is 0 Å². The molecule has 0 aromatic carbocycles. The number of carboxylic acid groups (broad SMARTS) is 1. The third kappa shape index (κ3) is 1.92. The van der Waals surface area contributed by atoms with Crippen molar-refractivity contribution in [3.8, 4) is 0 Å². The molecule has 1 unspecified atom stereocenters. The third-order valence-electron chi connectivity index (χ3n) is 2.36. The van der Waals surface area contributed by atoms with Gasteiger partial charge >= 0.3 is 5.97 Å². The number of hydrogen-bond donors (Lipinski definition) is 1. The average molecular weight is 212 g/mol. The SMILES string of the molecule is O=C(O)c1cnn(C2CCCSC2)c1. The van der Waals surface area contributed by atoms with E-state index in [1.807, 2.05) is 11.8 Å². The molecule has 1 aliphatic rings. The standard InChI is InChI=1S/C9H12N2O2S/c12-9(13)7-4-10-11(5-7)8-2-1-3-14-6-8/h4-5,8H,1-3,6H2,(H,12,13). The van der Waals surface area contributed by atoms with Gasteiger partial charge in [0.2, 0.25) is 0 Å². The predicted octanol–water partition coefficient (Wildman–Crippen LogP) is 1.65. The van der Waals surface area contributed by atoms with Gasteiger partial charge in [-0.2, -0.15) is 16.9 Å². The van der Waals surface area contributed by atoms with Crippen molar-refractivity contribution in [3.63, 3.8) is 0 Å². The summed E-state index contributed by atoms with van der Waals surface area (Å²) in [5.74, 6) is 1.35. The van der Waals surface area contributed by atoms with Crippen molar-refractivity contribution in [2.75, 3.05) is 11.5 Å². The van der Waals surface area contributed by atoms with Crippen LogP contribution in [0.25, 0.3) is 0 Å². The van der Waals surface area contributed by atoms with Crippen LogP contribution in [0.1, 0.15) is 29.2 Å². The number of thioether (sulfide) groups is 1. The lowest BCUT2D eigenvalue weighted by molar-refractivity contribution is 0.0696. The Hall–Kier alpha value is -0.970. The molecule has 1 aromatic heterocycles. The number of nitrogens with zero attached hydrogens (tertiary/aromatic N) is 2. The summed E-state index contributed by atoms with van der Waals surface area (Å²) in [7, 11) is 0. The number of rotatable bonds is 2. The first-order chi connectivity index (χ1) is 6.77. The summed E-state index contributed by atoms with van der Waals surface area (Å²) < 4.78 is 1.79. The second-order valence-corrected chi connectivity index (χ2v) is 4.53. The first-order valence-corrected chi connectivity index (χ1v) is 5.78. The molecular weight excluding hydrogens is 200 g/mol. The lowest BCUT2D eigenvalue weighted by Crippen LogP contribution is -2.16. The summed E-state index contributed by atoms with van der Waals surface area (Å²) >= 11 is 1.91. The third-order valence-corrected chi connectivity index (χ3v) is 3.56. The van der Waals surface area contributed by atoms with Gasteiger partial charge in [0.05, 0.1) is 17.8 Å². The minimum Gasteiger partial charge on any atom is -0.478 e. The van der Waals surface area contributed by atoms with Crippen LogP contribution in [0.2, 0.25) is 0 Å². The van der Waals surface area contributed by atoms with Crippen LogP contribution in [0.15, 0.2) is 12.4 Å². The number of carboxylic acids is 1. The number of aromatic carboxylic acids is 1. The first-order valence-electron chi connectivity index (χ1n) is 4.62. The van der Waals surface area contributed by atoms with E-state index in [4.69, 9.17) is 5.11 Å². The maximum absolute atomic E-state index is 10.6. The molecule has 0 aliphatic carbocycles. The summed E-state index contributed by atoms with van der Waals surface area (Å²) in [6.07, 6.45) is 5.34. The first kappa shape index (κ1) is 9.58. The van der Waals surface area contributed by atoms with Crippen molar-refractivity contribution >= 4 is 17.7 Å². The smallest absolute Gasteiger partial charge is 0.338 e. The maximum atomic E-state index is 10.6. The summed E-state index contributed by atoms with van der Waals surface area (Å²) in [4.78, 5) is 10.6. The van der Waals surface area contributed by atoms with E-state index in [1.165, 1.54) is 18.4 Å². The Labute approximate surface area is 86.3 Å². The second-order valence-electron chi connectivity index (χ2n) is 3.39. The maximum Gasteiger partial charge on any atom is 0.338 e. The quantitative estimate of drug-likeness (QED) is 0.809. The van der Waals surface area contributed by atoms with Crippen LogP contribution in [-0.4, -0.2) is 32.4 Å². The summed E-state index contributed by atoms with van der Waals surface area (Å²) in [5.41, 5.74) is 0.278. The van der Waals surface area contributed by atoms with Crippen LogP contribution in [-0.2, 0) is 0 Å². The van der Waals surface area contributed by atoms with Gasteiger partial charge in [-0.3, -0.25) is 4.68 Å². The summed E-state index contributed by atoms with van der Waals surface area (Å²) in [5, 5.41) is 12.8. The van der Waals surface area contributed by atoms with Crippen LogP contribution < -0.4 is 0 Å². The highest BCUT2D eigenvalue weighted by Gasteiger charge is 2.17. The van der Waals surface area contributed by atoms with Crippen molar-refractivity contribution in [3.05, 3.63) is 18.0 Å². The van der Waals surface area contributed by atoms with E-state index in [2.05, 4.69) is 5.10 Å². The van der Waals surface area contributed by atoms with Gasteiger partial charge < -0.3 is 5.11 Å². The fraction of sp³-hybridized carbons (Fsp3) is 0.556. The summed E-state index contributed by atoms with van der Waals surface area (Å²) in [6.45, 7) is 0. The van der Waals surface area contributed by atoms with Gasteiger partial charge in [-0.15, -0.1) is 0 Å². The number of carbonyl (C=O) groups is 1. The Kier molecular flexibility index (Phi) is 2.77. The van der Waals surface area contributed by atoms with E-state index in [0.29, 0.717) is 6.04 Å². The van der Waals surface area contributed by atoms with Crippen molar-refractivity contribution in [2.24, 2.45) is 0 Å². The molecule has 5 heteroatoms. The molecular formula is C9H12N2O2S. The Balaban J connectivity index is 2.11. The zero-order valence-electron chi connectivity index (χ0n) is 7.72. The van der Waals surface area contributed by atoms with Crippen molar-refractivity contribution in [1.29, 1.82) is 0 Å². The largest absolute Gasteiger partial charge is 0.478 e. The molecule has 1 fully saturated rings. The van der Waals surface area contributed by atoms with Crippen LogP contribution in [0, 0.1) is 0 Å².